The molecule has 2 nitrogen and oxygen atoms in total. The monoisotopic (exact) mass is 223 g/mol. The quantitative estimate of drug-likeness (QED) is 0.633. The molecule has 3 rings (SSSR count). The van der Waals surface area contributed by atoms with Crippen molar-refractivity contribution in [2.75, 3.05) is 5.73 Å². The molecule has 2 aromatic carbocycles. The highest BCUT2D eigenvalue weighted by molar-refractivity contribution is 5.85. The van der Waals surface area contributed by atoms with Gasteiger partial charge in [-0.25, -0.2) is 0 Å². The number of furan rings is 1. The topological polar surface area (TPSA) is 39.2 Å². The Kier molecular flexibility index (Phi) is 2.15. The van der Waals surface area contributed by atoms with Gasteiger partial charge in [-0.3, -0.25) is 0 Å². The molecule has 0 aliphatic heterocycles. The average Bonchev–Trinajstić information content (AvgIpc) is 2.72. The summed E-state index contributed by atoms with van der Waals surface area (Å²) in [4.78, 5) is 0. The molecule has 0 amide bonds. The Balaban J connectivity index is 2.18. The molecular formula is C15H13NO. The molecule has 0 aliphatic carbocycles. The maximum absolute atomic E-state index is 5.81. The summed E-state index contributed by atoms with van der Waals surface area (Å²) in [6.45, 7) is 2.07. The van der Waals surface area contributed by atoms with Gasteiger partial charge < -0.3 is 10.2 Å². The zero-order valence-corrected chi connectivity index (χ0v) is 9.60. The van der Waals surface area contributed by atoms with E-state index in [2.05, 4.69) is 19.1 Å². The van der Waals surface area contributed by atoms with Crippen molar-refractivity contribution < 1.29 is 4.42 Å². The number of hydrogen-bond donors (Lipinski definition) is 1. The summed E-state index contributed by atoms with van der Waals surface area (Å²) in [7, 11) is 0. The second-order valence-electron chi connectivity index (χ2n) is 4.28. The van der Waals surface area contributed by atoms with E-state index in [9.17, 15) is 0 Å². The van der Waals surface area contributed by atoms with Crippen LogP contribution in [-0.2, 0) is 0 Å². The van der Waals surface area contributed by atoms with Crippen molar-refractivity contribution in [3.05, 3.63) is 54.1 Å². The van der Waals surface area contributed by atoms with Crippen molar-refractivity contribution in [2.45, 2.75) is 6.92 Å². The number of nitrogens with two attached hydrogens (primary N) is 1. The minimum atomic E-state index is 0.725. The molecule has 0 aliphatic rings. The van der Waals surface area contributed by atoms with Crippen LogP contribution < -0.4 is 5.73 Å². The summed E-state index contributed by atoms with van der Waals surface area (Å²) >= 11 is 0. The van der Waals surface area contributed by atoms with Crippen LogP contribution in [0.1, 0.15) is 5.56 Å². The lowest BCUT2D eigenvalue weighted by molar-refractivity contribution is 0.631. The normalized spacial score (nSPS) is 10.9. The molecule has 0 radical (unpaired) electrons. The van der Waals surface area contributed by atoms with Gasteiger partial charge in [0.15, 0.2) is 0 Å². The van der Waals surface area contributed by atoms with Gasteiger partial charge in [-0.05, 0) is 31.2 Å². The molecule has 0 saturated carbocycles. The van der Waals surface area contributed by atoms with E-state index in [-0.39, 0.29) is 0 Å². The minimum absolute atomic E-state index is 0.725. The number of aryl methyl sites for hydroxylation is 1. The number of hydrogen-bond acceptors (Lipinski definition) is 2. The van der Waals surface area contributed by atoms with Gasteiger partial charge >= 0.3 is 0 Å². The van der Waals surface area contributed by atoms with E-state index in [1.54, 1.807) is 0 Å². The number of benzene rings is 2. The largest absolute Gasteiger partial charge is 0.456 e. The fourth-order valence-corrected chi connectivity index (χ4v) is 1.99. The number of nitrogen functional groups attached to an aromatic ring is 1. The van der Waals surface area contributed by atoms with Crippen LogP contribution >= 0.6 is 0 Å². The van der Waals surface area contributed by atoms with E-state index in [1.165, 1.54) is 5.56 Å². The Labute approximate surface area is 99.7 Å². The third kappa shape index (κ3) is 1.78. The van der Waals surface area contributed by atoms with Gasteiger partial charge in [0.25, 0.3) is 0 Å². The first-order chi connectivity index (χ1) is 8.22. The van der Waals surface area contributed by atoms with Gasteiger partial charge in [-0.15, -0.1) is 0 Å². The lowest BCUT2D eigenvalue weighted by Crippen LogP contribution is -1.80. The maximum atomic E-state index is 5.81. The summed E-state index contributed by atoms with van der Waals surface area (Å²) < 4.78 is 5.81. The van der Waals surface area contributed by atoms with E-state index in [1.807, 2.05) is 36.4 Å². The van der Waals surface area contributed by atoms with Gasteiger partial charge in [0.2, 0.25) is 0 Å². The SMILES string of the molecule is Cc1cccc(-c2cc3ccc(N)cc3o2)c1. The zero-order chi connectivity index (χ0) is 11.8. The van der Waals surface area contributed by atoms with Gasteiger partial charge in [0.1, 0.15) is 11.3 Å². The first-order valence-electron chi connectivity index (χ1n) is 5.58. The van der Waals surface area contributed by atoms with Crippen molar-refractivity contribution >= 4 is 16.7 Å². The third-order valence-electron chi connectivity index (χ3n) is 2.85. The number of fused-ring (bicyclic) bond motifs is 1. The van der Waals surface area contributed by atoms with Crippen LogP contribution in [0.5, 0.6) is 0 Å². The van der Waals surface area contributed by atoms with Crippen LogP contribution in [-0.4, -0.2) is 0 Å². The molecule has 0 fully saturated rings. The molecular weight excluding hydrogens is 210 g/mol. The second-order valence-corrected chi connectivity index (χ2v) is 4.28. The molecule has 0 saturated heterocycles. The van der Waals surface area contributed by atoms with Crippen molar-refractivity contribution in [3.63, 3.8) is 0 Å². The lowest BCUT2D eigenvalue weighted by Gasteiger charge is -1.97. The summed E-state index contributed by atoms with van der Waals surface area (Å²) in [5.41, 5.74) is 9.62. The maximum Gasteiger partial charge on any atom is 0.136 e. The van der Waals surface area contributed by atoms with Gasteiger partial charge in [-0.2, -0.15) is 0 Å². The third-order valence-corrected chi connectivity index (χ3v) is 2.85. The van der Waals surface area contributed by atoms with Gasteiger partial charge in [0, 0.05) is 22.7 Å². The molecule has 0 unspecified atom stereocenters. The number of rotatable bonds is 1. The van der Waals surface area contributed by atoms with E-state index in [4.69, 9.17) is 10.2 Å². The minimum Gasteiger partial charge on any atom is -0.456 e. The Hall–Kier alpha value is -2.22. The highest BCUT2D eigenvalue weighted by Gasteiger charge is 2.06. The van der Waals surface area contributed by atoms with E-state index in [0.717, 1.165) is 28.0 Å². The van der Waals surface area contributed by atoms with E-state index in [0.29, 0.717) is 0 Å². The van der Waals surface area contributed by atoms with Gasteiger partial charge in [-0.1, -0.05) is 23.8 Å². The molecule has 0 spiro atoms. The molecule has 0 atom stereocenters. The fourth-order valence-electron chi connectivity index (χ4n) is 1.99. The van der Waals surface area contributed by atoms with E-state index >= 15 is 0 Å². The second kappa shape index (κ2) is 3.67. The van der Waals surface area contributed by atoms with Crippen molar-refractivity contribution in [3.8, 4) is 11.3 Å². The Morgan fingerprint density at radius 3 is 2.71 bits per heavy atom. The van der Waals surface area contributed by atoms with E-state index < -0.39 is 0 Å². The molecule has 2 N–H and O–H groups in total. The molecule has 1 aromatic heterocycles. The van der Waals surface area contributed by atoms with Crippen LogP contribution in [0.15, 0.2) is 52.9 Å². The van der Waals surface area contributed by atoms with Gasteiger partial charge in [0.05, 0.1) is 0 Å². The number of anilines is 1. The predicted octanol–water partition coefficient (Wildman–Crippen LogP) is 3.99. The average molecular weight is 223 g/mol. The summed E-state index contributed by atoms with van der Waals surface area (Å²) in [6.07, 6.45) is 0. The summed E-state index contributed by atoms with van der Waals surface area (Å²) in [5.74, 6) is 0.884. The van der Waals surface area contributed by atoms with Crippen LogP contribution in [0.4, 0.5) is 5.69 Å². The molecule has 17 heavy (non-hydrogen) atoms. The van der Waals surface area contributed by atoms with Crippen LogP contribution in [0.3, 0.4) is 0 Å². The smallest absolute Gasteiger partial charge is 0.136 e. The molecule has 84 valence electrons. The summed E-state index contributed by atoms with van der Waals surface area (Å²) in [5, 5.41) is 1.08. The van der Waals surface area contributed by atoms with Crippen LogP contribution in [0, 0.1) is 6.92 Å². The van der Waals surface area contributed by atoms with Crippen molar-refractivity contribution in [1.29, 1.82) is 0 Å². The first-order valence-corrected chi connectivity index (χ1v) is 5.58. The standard InChI is InChI=1S/C15H13NO/c1-10-3-2-4-11(7-10)14-8-12-5-6-13(16)9-15(12)17-14/h2-9H,16H2,1H3. The molecule has 1 heterocycles. The first kappa shape index (κ1) is 9.97. The lowest BCUT2D eigenvalue weighted by atomic mass is 10.1. The molecule has 3 aromatic rings. The molecule has 2 heteroatoms. The van der Waals surface area contributed by atoms with Crippen molar-refractivity contribution in [1.82, 2.24) is 0 Å². The molecule has 0 bridgehead atoms. The van der Waals surface area contributed by atoms with Crippen molar-refractivity contribution in [2.24, 2.45) is 0 Å². The Morgan fingerprint density at radius 1 is 1.00 bits per heavy atom. The fraction of sp³-hybridized carbons (Fsp3) is 0.0667. The van der Waals surface area contributed by atoms with Crippen LogP contribution in [0.2, 0.25) is 0 Å². The highest BCUT2D eigenvalue weighted by Crippen LogP contribution is 2.29. The van der Waals surface area contributed by atoms with Crippen LogP contribution in [0.25, 0.3) is 22.3 Å². The predicted molar refractivity (Wildman–Crippen MR) is 70.8 cm³/mol. The summed E-state index contributed by atoms with van der Waals surface area (Å²) in [6, 6.07) is 16.0. The zero-order valence-electron chi connectivity index (χ0n) is 9.60. The Morgan fingerprint density at radius 2 is 1.88 bits per heavy atom. The highest BCUT2D eigenvalue weighted by atomic mass is 16.3. The Bertz CT molecular complexity index is 682.